The highest BCUT2D eigenvalue weighted by molar-refractivity contribution is 5.80. The van der Waals surface area contributed by atoms with Crippen LogP contribution in [0.5, 0.6) is 0 Å². The van der Waals surface area contributed by atoms with Crippen molar-refractivity contribution in [3.63, 3.8) is 0 Å². The Balaban J connectivity index is 2.32. The van der Waals surface area contributed by atoms with E-state index in [1.165, 1.54) is 6.92 Å². The molecule has 1 atom stereocenters. The summed E-state index contributed by atoms with van der Waals surface area (Å²) in [6, 6.07) is 3.44. The van der Waals surface area contributed by atoms with Crippen LogP contribution in [0.1, 0.15) is 12.5 Å². The minimum absolute atomic E-state index is 0.201. The van der Waals surface area contributed by atoms with E-state index < -0.39 is 24.8 Å². The lowest BCUT2D eigenvalue weighted by atomic mass is 10.3. The number of ether oxygens (including phenoxy) is 1. The normalized spacial score (nSPS) is 13.1. The molecule has 0 bridgehead atoms. The first-order valence-electron chi connectivity index (χ1n) is 5.23. The third-order valence-corrected chi connectivity index (χ3v) is 2.06. The summed E-state index contributed by atoms with van der Waals surface area (Å²) in [7, 11) is 0. The topological polar surface area (TPSA) is 51.2 Å². The zero-order valence-corrected chi connectivity index (χ0v) is 9.70. The molecule has 0 spiro atoms. The summed E-state index contributed by atoms with van der Waals surface area (Å²) in [5, 5.41) is 2.46. The molecule has 18 heavy (non-hydrogen) atoms. The second-order valence-corrected chi connectivity index (χ2v) is 3.65. The summed E-state index contributed by atoms with van der Waals surface area (Å²) in [6.07, 6.45) is -2.44. The lowest BCUT2D eigenvalue weighted by molar-refractivity contribution is -0.185. The molecule has 0 saturated heterocycles. The molecule has 0 aliphatic rings. The molecule has 0 aromatic carbocycles. The first kappa shape index (κ1) is 14.4. The average Bonchev–Trinajstić information content (AvgIpc) is 2.33. The maximum atomic E-state index is 11.9. The second kappa shape index (κ2) is 6.34. The molecule has 0 radical (unpaired) electrons. The number of pyridine rings is 1. The molecule has 1 rings (SSSR count). The van der Waals surface area contributed by atoms with Crippen molar-refractivity contribution < 1.29 is 22.7 Å². The Hall–Kier alpha value is -1.63. The predicted molar refractivity (Wildman–Crippen MR) is 57.6 cm³/mol. The molecule has 0 aliphatic heterocycles. The third kappa shape index (κ3) is 5.62. The molecule has 1 aromatic rings. The number of nitrogens with one attached hydrogen (secondary N) is 1. The molecule has 0 unspecified atom stereocenters. The van der Waals surface area contributed by atoms with E-state index in [0.717, 1.165) is 5.56 Å². The maximum absolute atomic E-state index is 11.9. The number of rotatable bonds is 5. The van der Waals surface area contributed by atoms with Gasteiger partial charge in [-0.2, -0.15) is 13.2 Å². The number of hydrogen-bond donors (Lipinski definition) is 1. The lowest BCUT2D eigenvalue weighted by Gasteiger charge is -2.14. The highest BCUT2D eigenvalue weighted by Crippen LogP contribution is 2.15. The number of aromatic nitrogens is 1. The quantitative estimate of drug-likeness (QED) is 0.878. The van der Waals surface area contributed by atoms with Gasteiger partial charge in [0.1, 0.15) is 12.7 Å². The Labute approximate surface area is 102 Å². The van der Waals surface area contributed by atoms with Crippen molar-refractivity contribution in [2.24, 2.45) is 0 Å². The SMILES string of the molecule is C[C@@H](OCC(F)(F)F)C(=O)NCc1cccnc1. The molecule has 100 valence electrons. The fourth-order valence-electron chi connectivity index (χ4n) is 1.13. The van der Waals surface area contributed by atoms with Gasteiger partial charge in [0.05, 0.1) is 0 Å². The fraction of sp³-hybridized carbons (Fsp3) is 0.455. The zero-order valence-electron chi connectivity index (χ0n) is 9.70. The molecule has 0 fully saturated rings. The summed E-state index contributed by atoms with van der Waals surface area (Å²) in [5.74, 6) is -0.594. The Morgan fingerprint density at radius 2 is 2.28 bits per heavy atom. The van der Waals surface area contributed by atoms with Crippen molar-refractivity contribution in [1.29, 1.82) is 0 Å². The van der Waals surface area contributed by atoms with Crippen LogP contribution in [0.2, 0.25) is 0 Å². The van der Waals surface area contributed by atoms with Gasteiger partial charge in [0.25, 0.3) is 0 Å². The van der Waals surface area contributed by atoms with Crippen LogP contribution in [0.3, 0.4) is 0 Å². The first-order chi connectivity index (χ1) is 8.38. The largest absolute Gasteiger partial charge is 0.411 e. The minimum Gasteiger partial charge on any atom is -0.359 e. The van der Waals surface area contributed by atoms with Gasteiger partial charge in [-0.25, -0.2) is 0 Å². The van der Waals surface area contributed by atoms with E-state index >= 15 is 0 Å². The number of nitrogens with zero attached hydrogens (tertiary/aromatic N) is 1. The summed E-state index contributed by atoms with van der Waals surface area (Å²) < 4.78 is 40.0. The lowest BCUT2D eigenvalue weighted by Crippen LogP contribution is -2.36. The van der Waals surface area contributed by atoms with Crippen molar-refractivity contribution >= 4 is 5.91 Å². The zero-order chi connectivity index (χ0) is 13.6. The van der Waals surface area contributed by atoms with Crippen LogP contribution in [-0.4, -0.2) is 29.8 Å². The van der Waals surface area contributed by atoms with Gasteiger partial charge in [-0.15, -0.1) is 0 Å². The number of halogens is 3. The van der Waals surface area contributed by atoms with E-state index in [1.807, 2.05) is 0 Å². The van der Waals surface area contributed by atoms with E-state index in [4.69, 9.17) is 0 Å². The predicted octanol–water partition coefficient (Wildman–Crippen LogP) is 1.67. The highest BCUT2D eigenvalue weighted by atomic mass is 19.4. The van der Waals surface area contributed by atoms with E-state index in [0.29, 0.717) is 0 Å². The third-order valence-electron chi connectivity index (χ3n) is 2.06. The van der Waals surface area contributed by atoms with Gasteiger partial charge >= 0.3 is 6.18 Å². The van der Waals surface area contributed by atoms with Gasteiger partial charge in [-0.1, -0.05) is 6.07 Å². The monoisotopic (exact) mass is 262 g/mol. The van der Waals surface area contributed by atoms with E-state index in [2.05, 4.69) is 15.0 Å². The standard InChI is InChI=1S/C11H13F3N2O2/c1-8(18-7-11(12,13)14)10(17)16-6-9-3-2-4-15-5-9/h2-5,8H,6-7H2,1H3,(H,16,17)/t8-/m1/s1. The number of alkyl halides is 3. The molecule has 1 heterocycles. The number of hydrogen-bond acceptors (Lipinski definition) is 3. The van der Waals surface area contributed by atoms with Crippen molar-refractivity contribution in [2.45, 2.75) is 25.7 Å². The Bertz CT molecular complexity index is 382. The fourth-order valence-corrected chi connectivity index (χ4v) is 1.13. The number of carbonyl (C=O) groups excluding carboxylic acids is 1. The average molecular weight is 262 g/mol. The van der Waals surface area contributed by atoms with Crippen LogP contribution in [0.15, 0.2) is 24.5 Å². The molecular weight excluding hydrogens is 249 g/mol. The smallest absolute Gasteiger partial charge is 0.359 e. The van der Waals surface area contributed by atoms with Gasteiger partial charge in [0.15, 0.2) is 0 Å². The summed E-state index contributed by atoms with van der Waals surface area (Å²) in [6.45, 7) is 0.0329. The van der Waals surface area contributed by atoms with Crippen molar-refractivity contribution in [1.82, 2.24) is 10.3 Å². The van der Waals surface area contributed by atoms with Crippen LogP contribution in [0.25, 0.3) is 0 Å². The van der Waals surface area contributed by atoms with Crippen LogP contribution in [0, 0.1) is 0 Å². The second-order valence-electron chi connectivity index (χ2n) is 3.65. The van der Waals surface area contributed by atoms with E-state index in [9.17, 15) is 18.0 Å². The summed E-state index contributed by atoms with van der Waals surface area (Å²) >= 11 is 0. The van der Waals surface area contributed by atoms with Gasteiger partial charge < -0.3 is 10.1 Å². The number of amides is 1. The molecule has 0 aliphatic carbocycles. The van der Waals surface area contributed by atoms with Crippen LogP contribution < -0.4 is 5.32 Å². The molecule has 1 aromatic heterocycles. The first-order valence-corrected chi connectivity index (χ1v) is 5.23. The van der Waals surface area contributed by atoms with E-state index in [-0.39, 0.29) is 6.54 Å². The molecule has 0 saturated carbocycles. The summed E-state index contributed by atoms with van der Waals surface area (Å²) in [5.41, 5.74) is 0.758. The summed E-state index contributed by atoms with van der Waals surface area (Å²) in [4.78, 5) is 15.3. The molecule has 1 amide bonds. The van der Waals surface area contributed by atoms with Crippen LogP contribution >= 0.6 is 0 Å². The Morgan fingerprint density at radius 3 is 2.83 bits per heavy atom. The molecule has 4 nitrogen and oxygen atoms in total. The molecular formula is C11H13F3N2O2. The van der Waals surface area contributed by atoms with Crippen molar-refractivity contribution in [2.75, 3.05) is 6.61 Å². The molecule has 1 N–H and O–H groups in total. The van der Waals surface area contributed by atoms with Gasteiger partial charge in [0.2, 0.25) is 5.91 Å². The Morgan fingerprint density at radius 1 is 1.56 bits per heavy atom. The van der Waals surface area contributed by atoms with Crippen molar-refractivity contribution in [3.05, 3.63) is 30.1 Å². The number of carbonyl (C=O) groups is 1. The minimum atomic E-state index is -4.43. The van der Waals surface area contributed by atoms with E-state index in [1.54, 1.807) is 24.5 Å². The van der Waals surface area contributed by atoms with Crippen LogP contribution in [0.4, 0.5) is 13.2 Å². The Kier molecular flexibility index (Phi) is 5.08. The van der Waals surface area contributed by atoms with Crippen LogP contribution in [-0.2, 0) is 16.1 Å². The molecule has 7 heteroatoms. The maximum Gasteiger partial charge on any atom is 0.411 e. The van der Waals surface area contributed by atoms with Gasteiger partial charge in [0, 0.05) is 18.9 Å². The van der Waals surface area contributed by atoms with Gasteiger partial charge in [-0.05, 0) is 18.6 Å². The van der Waals surface area contributed by atoms with Gasteiger partial charge in [-0.3, -0.25) is 9.78 Å². The highest BCUT2D eigenvalue weighted by Gasteiger charge is 2.29. The van der Waals surface area contributed by atoms with Crippen molar-refractivity contribution in [3.8, 4) is 0 Å².